The molecule has 2 N–H and O–H groups in total. The number of rotatable bonds is 11. The highest BCUT2D eigenvalue weighted by Gasteiger charge is 2.43. The van der Waals surface area contributed by atoms with E-state index < -0.39 is 10.1 Å². The predicted molar refractivity (Wildman–Crippen MR) is 197 cm³/mol. The summed E-state index contributed by atoms with van der Waals surface area (Å²) in [6.07, 6.45) is 11.6. The van der Waals surface area contributed by atoms with E-state index in [4.69, 9.17) is 0 Å². The molecule has 2 aliphatic heterocycles. The molecule has 46 heavy (non-hydrogen) atoms. The lowest BCUT2D eigenvalue weighted by Gasteiger charge is -2.27. The van der Waals surface area contributed by atoms with Crippen LogP contribution >= 0.6 is 22.6 Å². The molecule has 2 heterocycles. The third-order valence-corrected chi connectivity index (χ3v) is 10.7. The van der Waals surface area contributed by atoms with Crippen molar-refractivity contribution in [1.29, 1.82) is 0 Å². The van der Waals surface area contributed by atoms with Crippen LogP contribution in [0.3, 0.4) is 0 Å². The van der Waals surface area contributed by atoms with Gasteiger partial charge in [-0.15, -0.1) is 0 Å². The molecule has 0 unspecified atom stereocenters. The Labute approximate surface area is 286 Å². The van der Waals surface area contributed by atoms with E-state index >= 15 is 0 Å². The number of hydrogen-bond acceptors (Lipinski definition) is 4. The summed E-state index contributed by atoms with van der Waals surface area (Å²) in [7, 11) is -1.89. The van der Waals surface area contributed by atoms with E-state index in [1.807, 2.05) is 0 Å². The van der Waals surface area contributed by atoms with Gasteiger partial charge in [0.2, 0.25) is 11.6 Å². The van der Waals surface area contributed by atoms with Gasteiger partial charge in [-0.25, -0.2) is 0 Å². The summed E-state index contributed by atoms with van der Waals surface area (Å²) in [6, 6.07) is 19.2. The molecule has 1 amide bonds. The molecule has 0 radical (unpaired) electrons. The van der Waals surface area contributed by atoms with Gasteiger partial charge in [0.15, 0.2) is 5.71 Å². The molecule has 2 aliphatic rings. The Morgan fingerprint density at radius 1 is 1.00 bits per heavy atom. The Hall–Kier alpha value is -3.28. The van der Waals surface area contributed by atoms with Crippen molar-refractivity contribution in [3.05, 3.63) is 107 Å². The van der Waals surface area contributed by atoms with Gasteiger partial charge in [-0.1, -0.05) is 91.1 Å². The molecular formula is C37H43IN3O4S+. The number of benzene rings is 3. The monoisotopic (exact) mass is 752 g/mol. The minimum atomic E-state index is -3.98. The van der Waals surface area contributed by atoms with E-state index in [9.17, 15) is 17.8 Å². The number of nitrogens with one attached hydrogen (secondary N) is 1. The van der Waals surface area contributed by atoms with E-state index in [2.05, 4.69) is 157 Å². The van der Waals surface area contributed by atoms with Crippen LogP contribution in [0.2, 0.25) is 0 Å². The number of nitrogens with zero attached hydrogens (tertiary/aromatic N) is 2. The van der Waals surface area contributed by atoms with Gasteiger partial charge in [0, 0.05) is 47.6 Å². The lowest BCUT2D eigenvalue weighted by molar-refractivity contribution is -0.401. The molecule has 0 bridgehead atoms. The fraction of sp³-hybridized carbons (Fsp3) is 0.351. The molecule has 0 atom stereocenters. The number of carbonyl (C=O) groups excluding carboxylic acids is 1. The van der Waals surface area contributed by atoms with Gasteiger partial charge in [0.1, 0.15) is 7.05 Å². The maximum absolute atomic E-state index is 11.8. The number of anilines is 1. The van der Waals surface area contributed by atoms with Crippen LogP contribution in [0.5, 0.6) is 0 Å². The highest BCUT2D eigenvalue weighted by molar-refractivity contribution is 14.1. The van der Waals surface area contributed by atoms with Gasteiger partial charge in [0.05, 0.1) is 15.6 Å². The summed E-state index contributed by atoms with van der Waals surface area (Å²) >= 11 is 2.07. The summed E-state index contributed by atoms with van der Waals surface area (Å²) in [5.41, 5.74) is 7.77. The third-order valence-electron chi connectivity index (χ3n) is 9.23. The molecule has 0 saturated heterocycles. The number of hydrogen-bond donors (Lipinski definition) is 2. The Balaban J connectivity index is 1.39. The molecule has 0 aromatic heterocycles. The zero-order valence-electron chi connectivity index (χ0n) is 27.2. The summed E-state index contributed by atoms with van der Waals surface area (Å²) < 4.78 is 34.6. The van der Waals surface area contributed by atoms with Gasteiger partial charge in [-0.2, -0.15) is 13.0 Å². The molecule has 7 nitrogen and oxygen atoms in total. The summed E-state index contributed by atoms with van der Waals surface area (Å²) in [4.78, 5) is 14.1. The first-order valence-corrected chi connectivity index (χ1v) is 18.8. The second-order valence-electron chi connectivity index (χ2n) is 13.1. The average Bonchev–Trinajstić information content (AvgIpc) is 3.35. The van der Waals surface area contributed by atoms with Crippen LogP contribution in [0, 0.1) is 0 Å². The van der Waals surface area contributed by atoms with Crippen LogP contribution in [0.15, 0.2) is 90.7 Å². The SMILES string of the molecule is C[N+]1=C(C=CC=CC=C2N(CCCCS(=O)(=O)O)c3ccc4ccccc4c3C2(C)C)C(C)(C)c2cc(CNC(=O)CI)ccc21. The highest BCUT2D eigenvalue weighted by Crippen LogP contribution is 2.50. The molecule has 3 aromatic carbocycles. The number of alkyl halides is 1. The van der Waals surface area contributed by atoms with E-state index in [0.717, 1.165) is 16.9 Å². The molecule has 3 aromatic rings. The minimum absolute atomic E-state index is 0.0351. The molecule has 0 fully saturated rings. The number of unbranched alkanes of at least 4 members (excludes halogenated alkanes) is 1. The molecule has 0 aliphatic carbocycles. The van der Waals surface area contributed by atoms with Crippen molar-refractivity contribution in [2.75, 3.05) is 28.7 Å². The lowest BCUT2D eigenvalue weighted by atomic mass is 9.80. The first kappa shape index (κ1) is 34.1. The van der Waals surface area contributed by atoms with Crippen molar-refractivity contribution in [3.8, 4) is 0 Å². The smallest absolute Gasteiger partial charge is 0.264 e. The van der Waals surface area contributed by atoms with Crippen LogP contribution in [0.25, 0.3) is 10.8 Å². The Kier molecular flexibility index (Phi) is 9.96. The molecule has 0 saturated carbocycles. The van der Waals surface area contributed by atoms with Crippen molar-refractivity contribution in [2.24, 2.45) is 0 Å². The zero-order valence-corrected chi connectivity index (χ0v) is 30.2. The average molecular weight is 753 g/mol. The fourth-order valence-electron chi connectivity index (χ4n) is 6.93. The van der Waals surface area contributed by atoms with Crippen LogP contribution in [0.4, 0.5) is 11.4 Å². The van der Waals surface area contributed by atoms with Crippen LogP contribution in [-0.2, 0) is 32.3 Å². The molecule has 242 valence electrons. The lowest BCUT2D eigenvalue weighted by Crippen LogP contribution is -2.27. The number of halogens is 1. The van der Waals surface area contributed by atoms with Crippen molar-refractivity contribution < 1.29 is 22.3 Å². The van der Waals surface area contributed by atoms with Crippen molar-refractivity contribution >= 4 is 66.5 Å². The Bertz CT molecular complexity index is 1900. The Morgan fingerprint density at radius 2 is 1.76 bits per heavy atom. The molecular weight excluding hydrogens is 709 g/mol. The number of fused-ring (bicyclic) bond motifs is 4. The van der Waals surface area contributed by atoms with Crippen molar-refractivity contribution in [1.82, 2.24) is 5.32 Å². The van der Waals surface area contributed by atoms with Gasteiger partial charge >= 0.3 is 0 Å². The van der Waals surface area contributed by atoms with E-state index in [1.54, 1.807) is 0 Å². The second-order valence-corrected chi connectivity index (χ2v) is 15.4. The first-order valence-electron chi connectivity index (χ1n) is 15.6. The van der Waals surface area contributed by atoms with Crippen molar-refractivity contribution in [3.63, 3.8) is 0 Å². The maximum Gasteiger partial charge on any atom is 0.264 e. The largest absolute Gasteiger partial charge is 0.351 e. The van der Waals surface area contributed by atoms with Crippen LogP contribution in [0.1, 0.15) is 57.2 Å². The zero-order chi connectivity index (χ0) is 33.3. The number of amides is 1. The third kappa shape index (κ3) is 6.87. The molecule has 9 heteroatoms. The minimum Gasteiger partial charge on any atom is -0.351 e. The van der Waals surface area contributed by atoms with Gasteiger partial charge in [-0.05, 0) is 66.8 Å². The van der Waals surface area contributed by atoms with Crippen LogP contribution in [-0.4, -0.2) is 52.9 Å². The summed E-state index contributed by atoms with van der Waals surface area (Å²) in [5, 5.41) is 5.39. The first-order chi connectivity index (χ1) is 21.8. The predicted octanol–water partition coefficient (Wildman–Crippen LogP) is 7.36. The van der Waals surface area contributed by atoms with Gasteiger partial charge in [0.25, 0.3) is 10.1 Å². The maximum atomic E-state index is 11.8. The topological polar surface area (TPSA) is 89.7 Å². The fourth-order valence-corrected chi connectivity index (χ4v) is 7.77. The van der Waals surface area contributed by atoms with Crippen molar-refractivity contribution in [2.45, 2.75) is 57.9 Å². The quantitative estimate of drug-likeness (QED) is 0.0534. The summed E-state index contributed by atoms with van der Waals surface area (Å²) in [5.74, 6) is -0.199. The van der Waals surface area contributed by atoms with E-state index in [0.29, 0.717) is 30.4 Å². The van der Waals surface area contributed by atoms with Gasteiger partial charge in [-0.3, -0.25) is 9.35 Å². The van der Waals surface area contributed by atoms with Gasteiger partial charge < -0.3 is 10.2 Å². The normalized spacial score (nSPS) is 17.9. The van der Waals surface area contributed by atoms with Crippen LogP contribution < -0.4 is 10.2 Å². The number of carbonyl (C=O) groups is 1. The summed E-state index contributed by atoms with van der Waals surface area (Å²) in [6.45, 7) is 10.1. The van der Waals surface area contributed by atoms with E-state index in [-0.39, 0.29) is 22.5 Å². The van der Waals surface area contributed by atoms with E-state index in [1.165, 1.54) is 33.3 Å². The molecule has 5 rings (SSSR count). The highest BCUT2D eigenvalue weighted by atomic mass is 127. The standard InChI is InChI=1S/C37H42IN3O4S/c1-36(2)29-23-26(25-39-34(42)24-38)17-19-30(29)40(5)32(36)15-7-6-8-16-33-37(3,4)35-28-14-10-9-13-27(28)18-20-31(35)41(33)21-11-12-22-46(43,44)45/h6-10,13-20,23H,11-12,21-22,24-25H2,1-5H3,(H-,39,42,43,44,45)/p+1. The second kappa shape index (κ2) is 13.4. The Morgan fingerprint density at radius 3 is 2.50 bits per heavy atom. The number of allylic oxidation sites excluding steroid dienone is 6. The molecule has 0 spiro atoms.